The van der Waals surface area contributed by atoms with Crippen LogP contribution in [0.2, 0.25) is 0 Å². The third kappa shape index (κ3) is 5.33. The van der Waals surface area contributed by atoms with Crippen LogP contribution >= 0.6 is 0 Å². The van der Waals surface area contributed by atoms with Gasteiger partial charge in [0.1, 0.15) is 6.61 Å². The Morgan fingerprint density at radius 3 is 2.68 bits per heavy atom. The SMILES string of the molecule is CCOC(=O)/C=C/c1ccc(C)c(COC(C)=O)n1. The van der Waals surface area contributed by atoms with Crippen LogP contribution in [0.25, 0.3) is 6.08 Å². The number of hydrogen-bond donors (Lipinski definition) is 0. The molecule has 102 valence electrons. The third-order valence-electron chi connectivity index (χ3n) is 2.31. The number of aromatic nitrogens is 1. The van der Waals surface area contributed by atoms with Crippen molar-refractivity contribution >= 4 is 18.0 Å². The minimum Gasteiger partial charge on any atom is -0.463 e. The Hall–Kier alpha value is -2.17. The smallest absolute Gasteiger partial charge is 0.330 e. The van der Waals surface area contributed by atoms with Crippen LogP contribution in [0, 0.1) is 6.92 Å². The maximum Gasteiger partial charge on any atom is 0.330 e. The molecule has 0 bridgehead atoms. The van der Waals surface area contributed by atoms with E-state index in [1.165, 1.54) is 13.0 Å². The van der Waals surface area contributed by atoms with Crippen LogP contribution in [0.1, 0.15) is 30.8 Å². The van der Waals surface area contributed by atoms with E-state index < -0.39 is 5.97 Å². The van der Waals surface area contributed by atoms with E-state index in [4.69, 9.17) is 9.47 Å². The van der Waals surface area contributed by atoms with Gasteiger partial charge in [0, 0.05) is 13.0 Å². The molecule has 0 fully saturated rings. The summed E-state index contributed by atoms with van der Waals surface area (Å²) in [5.74, 6) is -0.764. The number of nitrogens with zero attached hydrogens (tertiary/aromatic N) is 1. The average molecular weight is 263 g/mol. The number of carbonyl (C=O) groups is 2. The number of aryl methyl sites for hydroxylation is 1. The molecule has 0 amide bonds. The summed E-state index contributed by atoms with van der Waals surface area (Å²) in [4.78, 5) is 26.3. The van der Waals surface area contributed by atoms with Gasteiger partial charge in [0.2, 0.25) is 0 Å². The molecule has 0 aliphatic heterocycles. The van der Waals surface area contributed by atoms with Gasteiger partial charge >= 0.3 is 11.9 Å². The molecule has 0 aliphatic carbocycles. The fourth-order valence-corrected chi connectivity index (χ4v) is 1.34. The first-order valence-electron chi connectivity index (χ1n) is 5.97. The summed E-state index contributed by atoms with van der Waals surface area (Å²) in [6, 6.07) is 3.64. The van der Waals surface area contributed by atoms with Crippen molar-refractivity contribution in [3.05, 3.63) is 35.2 Å². The molecule has 0 saturated carbocycles. The Bertz CT molecular complexity index is 494. The van der Waals surface area contributed by atoms with Crippen molar-refractivity contribution in [2.75, 3.05) is 6.61 Å². The summed E-state index contributed by atoms with van der Waals surface area (Å²) in [5.41, 5.74) is 2.21. The molecule has 0 aromatic carbocycles. The standard InChI is InChI=1S/C14H17NO4/c1-4-18-14(17)8-7-12-6-5-10(2)13(15-12)9-19-11(3)16/h5-8H,4,9H2,1-3H3/b8-7+. The normalized spacial score (nSPS) is 10.5. The second kappa shape index (κ2) is 7.31. The maximum atomic E-state index is 11.2. The Kier molecular flexibility index (Phi) is 5.73. The Morgan fingerprint density at radius 2 is 2.05 bits per heavy atom. The molecule has 0 spiro atoms. The van der Waals surface area contributed by atoms with Crippen molar-refractivity contribution in [1.29, 1.82) is 0 Å². The van der Waals surface area contributed by atoms with Crippen LogP contribution < -0.4 is 0 Å². The van der Waals surface area contributed by atoms with Crippen molar-refractivity contribution in [3.8, 4) is 0 Å². The number of carbonyl (C=O) groups excluding carboxylic acids is 2. The molecule has 0 aliphatic rings. The average Bonchev–Trinajstić information content (AvgIpc) is 2.36. The Labute approximate surface area is 112 Å². The Morgan fingerprint density at radius 1 is 1.32 bits per heavy atom. The lowest BCUT2D eigenvalue weighted by Crippen LogP contribution is -2.04. The summed E-state index contributed by atoms with van der Waals surface area (Å²) >= 11 is 0. The van der Waals surface area contributed by atoms with Gasteiger partial charge in [0.15, 0.2) is 0 Å². The lowest BCUT2D eigenvalue weighted by atomic mass is 10.2. The van der Waals surface area contributed by atoms with Crippen LogP contribution in [-0.4, -0.2) is 23.5 Å². The number of pyridine rings is 1. The fourth-order valence-electron chi connectivity index (χ4n) is 1.34. The molecular weight excluding hydrogens is 246 g/mol. The summed E-state index contributed by atoms with van der Waals surface area (Å²) in [5, 5.41) is 0. The van der Waals surface area contributed by atoms with Gasteiger partial charge in [-0.2, -0.15) is 0 Å². The molecule has 1 aromatic rings. The molecule has 1 rings (SSSR count). The monoisotopic (exact) mass is 263 g/mol. The first kappa shape index (κ1) is 14.9. The Balaban J connectivity index is 2.78. The summed E-state index contributed by atoms with van der Waals surface area (Å²) in [6.07, 6.45) is 2.88. The van der Waals surface area contributed by atoms with Gasteiger partial charge in [0.05, 0.1) is 18.0 Å². The van der Waals surface area contributed by atoms with Crippen molar-refractivity contribution < 1.29 is 19.1 Å². The van der Waals surface area contributed by atoms with Crippen molar-refractivity contribution in [2.45, 2.75) is 27.4 Å². The summed E-state index contributed by atoms with van der Waals surface area (Å²) in [6.45, 7) is 5.43. The highest BCUT2D eigenvalue weighted by molar-refractivity contribution is 5.86. The van der Waals surface area contributed by atoms with Gasteiger partial charge in [0.25, 0.3) is 0 Å². The predicted molar refractivity (Wildman–Crippen MR) is 70.1 cm³/mol. The topological polar surface area (TPSA) is 65.5 Å². The van der Waals surface area contributed by atoms with Crippen molar-refractivity contribution in [3.63, 3.8) is 0 Å². The lowest BCUT2D eigenvalue weighted by Gasteiger charge is -2.06. The first-order valence-corrected chi connectivity index (χ1v) is 5.97. The minimum atomic E-state index is -0.411. The highest BCUT2D eigenvalue weighted by atomic mass is 16.5. The molecule has 5 nitrogen and oxygen atoms in total. The van der Waals surface area contributed by atoms with E-state index in [2.05, 4.69) is 4.98 Å². The van der Waals surface area contributed by atoms with E-state index in [-0.39, 0.29) is 12.6 Å². The molecule has 19 heavy (non-hydrogen) atoms. The van der Waals surface area contributed by atoms with Crippen LogP contribution in [0.3, 0.4) is 0 Å². The molecule has 0 N–H and O–H groups in total. The molecule has 1 heterocycles. The minimum absolute atomic E-state index is 0.127. The number of esters is 2. The molecule has 0 radical (unpaired) electrons. The second-order valence-corrected chi connectivity index (χ2v) is 3.87. The van der Waals surface area contributed by atoms with E-state index in [0.29, 0.717) is 18.0 Å². The quantitative estimate of drug-likeness (QED) is 0.600. The van der Waals surface area contributed by atoms with Gasteiger partial charge < -0.3 is 9.47 Å². The predicted octanol–water partition coefficient (Wildman–Crippen LogP) is 2.03. The van der Waals surface area contributed by atoms with Gasteiger partial charge in [-0.05, 0) is 31.6 Å². The highest BCUT2D eigenvalue weighted by Gasteiger charge is 2.04. The van der Waals surface area contributed by atoms with E-state index in [0.717, 1.165) is 5.56 Å². The van der Waals surface area contributed by atoms with Gasteiger partial charge in [-0.1, -0.05) is 6.07 Å². The number of rotatable bonds is 5. The van der Waals surface area contributed by atoms with Gasteiger partial charge in [-0.25, -0.2) is 9.78 Å². The van der Waals surface area contributed by atoms with Crippen molar-refractivity contribution in [2.24, 2.45) is 0 Å². The van der Waals surface area contributed by atoms with E-state index in [1.807, 2.05) is 13.0 Å². The third-order valence-corrected chi connectivity index (χ3v) is 2.31. The fraction of sp³-hybridized carbons (Fsp3) is 0.357. The zero-order valence-electron chi connectivity index (χ0n) is 11.3. The summed E-state index contributed by atoms with van der Waals surface area (Å²) < 4.78 is 9.68. The van der Waals surface area contributed by atoms with Crippen molar-refractivity contribution in [1.82, 2.24) is 4.98 Å². The van der Waals surface area contributed by atoms with Crippen LogP contribution in [-0.2, 0) is 25.7 Å². The van der Waals surface area contributed by atoms with Crippen LogP contribution in [0.4, 0.5) is 0 Å². The molecule has 1 aromatic heterocycles. The lowest BCUT2D eigenvalue weighted by molar-refractivity contribution is -0.142. The highest BCUT2D eigenvalue weighted by Crippen LogP contribution is 2.09. The number of ether oxygens (including phenoxy) is 2. The molecular formula is C14H17NO4. The first-order chi connectivity index (χ1) is 9.02. The molecule has 0 saturated heterocycles. The largest absolute Gasteiger partial charge is 0.463 e. The van der Waals surface area contributed by atoms with Crippen LogP contribution in [0.15, 0.2) is 18.2 Å². The molecule has 0 unspecified atom stereocenters. The van der Waals surface area contributed by atoms with Gasteiger partial charge in [-0.15, -0.1) is 0 Å². The van der Waals surface area contributed by atoms with Crippen LogP contribution in [0.5, 0.6) is 0 Å². The van der Waals surface area contributed by atoms with Gasteiger partial charge in [-0.3, -0.25) is 4.79 Å². The van der Waals surface area contributed by atoms with E-state index in [9.17, 15) is 9.59 Å². The summed E-state index contributed by atoms with van der Waals surface area (Å²) in [7, 11) is 0. The van der Waals surface area contributed by atoms with E-state index >= 15 is 0 Å². The number of hydrogen-bond acceptors (Lipinski definition) is 5. The zero-order chi connectivity index (χ0) is 14.3. The second-order valence-electron chi connectivity index (χ2n) is 3.87. The molecule has 5 heteroatoms. The maximum absolute atomic E-state index is 11.2. The zero-order valence-corrected chi connectivity index (χ0v) is 11.3. The molecule has 0 atom stereocenters. The van der Waals surface area contributed by atoms with E-state index in [1.54, 1.807) is 19.1 Å².